The van der Waals surface area contributed by atoms with Gasteiger partial charge in [-0.15, -0.1) is 0 Å². The molecule has 0 radical (unpaired) electrons. The van der Waals surface area contributed by atoms with Gasteiger partial charge in [0.05, 0.1) is 11.8 Å². The largest absolute Gasteiger partial charge is 0.368 e. The van der Waals surface area contributed by atoms with Crippen LogP contribution in [0.2, 0.25) is 0 Å². The van der Waals surface area contributed by atoms with Crippen LogP contribution >= 0.6 is 0 Å². The molecule has 4 rings (SSSR count). The summed E-state index contributed by atoms with van der Waals surface area (Å²) < 4.78 is 7.51. The molecular weight excluding hydrogens is 316 g/mol. The molecule has 0 aliphatic heterocycles. The first-order chi connectivity index (χ1) is 12.3. The molecule has 3 aromatic rings. The summed E-state index contributed by atoms with van der Waals surface area (Å²) in [4.78, 5) is 20.7. The Morgan fingerprint density at radius 3 is 2.80 bits per heavy atom. The highest BCUT2D eigenvalue weighted by Gasteiger charge is 2.16. The number of imidazole rings is 1. The van der Waals surface area contributed by atoms with Crippen molar-refractivity contribution in [2.45, 2.75) is 31.8 Å². The molecule has 2 heterocycles. The molecule has 0 atom stereocenters. The Bertz CT molecular complexity index is 834. The van der Waals surface area contributed by atoms with Crippen molar-refractivity contribution in [1.82, 2.24) is 14.4 Å². The summed E-state index contributed by atoms with van der Waals surface area (Å²) in [7, 11) is 0. The second kappa shape index (κ2) is 7.03. The number of nitrogens with one attached hydrogen (secondary N) is 1. The maximum Gasteiger partial charge on any atom is 0.250 e. The third-order valence-corrected chi connectivity index (χ3v) is 4.45. The number of carbonyl (C=O) groups is 1. The van der Waals surface area contributed by atoms with Crippen molar-refractivity contribution in [3.63, 3.8) is 0 Å². The zero-order chi connectivity index (χ0) is 17.1. The highest BCUT2D eigenvalue weighted by molar-refractivity contribution is 5.91. The van der Waals surface area contributed by atoms with Crippen molar-refractivity contribution in [2.75, 3.05) is 11.9 Å². The fourth-order valence-corrected chi connectivity index (χ4v) is 3.14. The number of anilines is 1. The van der Waals surface area contributed by atoms with Gasteiger partial charge < -0.3 is 10.1 Å². The fourth-order valence-electron chi connectivity index (χ4n) is 3.14. The lowest BCUT2D eigenvalue weighted by Gasteiger charge is -2.11. The van der Waals surface area contributed by atoms with Crippen LogP contribution in [0.15, 0.2) is 48.9 Å². The second-order valence-corrected chi connectivity index (χ2v) is 6.30. The van der Waals surface area contributed by atoms with E-state index >= 15 is 0 Å². The summed E-state index contributed by atoms with van der Waals surface area (Å²) in [5.74, 6) is 0.551. The average Bonchev–Trinajstić information content (AvgIpc) is 3.30. The van der Waals surface area contributed by atoms with Crippen molar-refractivity contribution < 1.29 is 9.53 Å². The van der Waals surface area contributed by atoms with Crippen molar-refractivity contribution in [2.24, 2.45) is 0 Å². The lowest BCUT2D eigenvalue weighted by Crippen LogP contribution is -2.21. The minimum Gasteiger partial charge on any atom is -0.368 e. The summed E-state index contributed by atoms with van der Waals surface area (Å²) in [6, 6.07) is 9.50. The van der Waals surface area contributed by atoms with Crippen LogP contribution in [-0.4, -0.2) is 33.0 Å². The van der Waals surface area contributed by atoms with Crippen LogP contribution in [0.3, 0.4) is 0 Å². The number of hydrogen-bond acceptors (Lipinski definition) is 4. The smallest absolute Gasteiger partial charge is 0.250 e. The van der Waals surface area contributed by atoms with Crippen LogP contribution in [0.4, 0.5) is 5.69 Å². The monoisotopic (exact) mass is 336 g/mol. The van der Waals surface area contributed by atoms with E-state index in [1.165, 1.54) is 12.8 Å². The van der Waals surface area contributed by atoms with E-state index in [4.69, 9.17) is 4.74 Å². The SMILES string of the molecule is O=C(COC1CCCC1)Nc1ccc(-c2cn3cccnc3n2)cc1. The van der Waals surface area contributed by atoms with E-state index in [0.29, 0.717) is 5.78 Å². The van der Waals surface area contributed by atoms with E-state index in [1.807, 2.05) is 47.1 Å². The number of nitrogens with zero attached hydrogens (tertiary/aromatic N) is 3. The van der Waals surface area contributed by atoms with Crippen molar-refractivity contribution in [3.05, 3.63) is 48.9 Å². The predicted octanol–water partition coefficient (Wildman–Crippen LogP) is 3.29. The van der Waals surface area contributed by atoms with Crippen LogP contribution in [-0.2, 0) is 9.53 Å². The lowest BCUT2D eigenvalue weighted by molar-refractivity contribution is -0.122. The van der Waals surface area contributed by atoms with E-state index in [1.54, 1.807) is 6.20 Å². The van der Waals surface area contributed by atoms with Gasteiger partial charge in [0.2, 0.25) is 11.7 Å². The molecule has 1 N–H and O–H groups in total. The molecule has 6 heteroatoms. The Kier molecular flexibility index (Phi) is 4.43. The van der Waals surface area contributed by atoms with Crippen LogP contribution in [0, 0.1) is 0 Å². The van der Waals surface area contributed by atoms with Gasteiger partial charge in [0, 0.05) is 29.8 Å². The van der Waals surface area contributed by atoms with Gasteiger partial charge in [0.15, 0.2) is 0 Å². The number of rotatable bonds is 5. The maximum absolute atomic E-state index is 12.0. The van der Waals surface area contributed by atoms with Gasteiger partial charge in [0.1, 0.15) is 6.61 Å². The van der Waals surface area contributed by atoms with Crippen molar-refractivity contribution in [1.29, 1.82) is 0 Å². The van der Waals surface area contributed by atoms with Gasteiger partial charge >= 0.3 is 0 Å². The molecule has 1 aromatic carbocycles. The van der Waals surface area contributed by atoms with E-state index in [0.717, 1.165) is 29.8 Å². The van der Waals surface area contributed by atoms with E-state index in [2.05, 4.69) is 15.3 Å². The third-order valence-electron chi connectivity index (χ3n) is 4.45. The lowest BCUT2D eigenvalue weighted by atomic mass is 10.1. The van der Waals surface area contributed by atoms with E-state index < -0.39 is 0 Å². The number of amides is 1. The first kappa shape index (κ1) is 15.8. The van der Waals surface area contributed by atoms with Gasteiger partial charge in [-0.3, -0.25) is 9.20 Å². The summed E-state index contributed by atoms with van der Waals surface area (Å²) in [5.41, 5.74) is 2.58. The number of benzene rings is 1. The molecule has 0 bridgehead atoms. The minimum atomic E-state index is -0.114. The molecular formula is C19H20N4O2. The molecule has 1 fully saturated rings. The molecule has 0 unspecified atom stereocenters. The Hall–Kier alpha value is -2.73. The Morgan fingerprint density at radius 1 is 1.24 bits per heavy atom. The van der Waals surface area contributed by atoms with Gasteiger partial charge in [-0.05, 0) is 31.0 Å². The second-order valence-electron chi connectivity index (χ2n) is 6.30. The third kappa shape index (κ3) is 3.69. The zero-order valence-corrected chi connectivity index (χ0v) is 13.9. The molecule has 2 aromatic heterocycles. The molecule has 128 valence electrons. The minimum absolute atomic E-state index is 0.114. The fraction of sp³-hybridized carbons (Fsp3) is 0.316. The predicted molar refractivity (Wildman–Crippen MR) is 95.3 cm³/mol. The van der Waals surface area contributed by atoms with Crippen LogP contribution < -0.4 is 5.32 Å². The molecule has 0 saturated heterocycles. The zero-order valence-electron chi connectivity index (χ0n) is 13.9. The molecule has 0 spiro atoms. The first-order valence-corrected chi connectivity index (χ1v) is 8.59. The molecule has 25 heavy (non-hydrogen) atoms. The molecule has 1 saturated carbocycles. The molecule has 1 aliphatic rings. The number of carbonyl (C=O) groups excluding carboxylic acids is 1. The highest BCUT2D eigenvalue weighted by Crippen LogP contribution is 2.22. The standard InChI is InChI=1S/C19H20N4O2/c24-18(13-25-16-4-1-2-5-16)21-15-8-6-14(7-9-15)17-12-23-11-3-10-20-19(23)22-17/h3,6-12,16H,1-2,4-5,13H2,(H,21,24). The Morgan fingerprint density at radius 2 is 2.04 bits per heavy atom. The normalized spacial score (nSPS) is 14.9. The quantitative estimate of drug-likeness (QED) is 0.776. The summed E-state index contributed by atoms with van der Waals surface area (Å²) in [6.07, 6.45) is 10.4. The van der Waals surface area contributed by atoms with Gasteiger partial charge in [-0.25, -0.2) is 9.97 Å². The van der Waals surface area contributed by atoms with Crippen LogP contribution in [0.5, 0.6) is 0 Å². The number of fused-ring (bicyclic) bond motifs is 1. The average molecular weight is 336 g/mol. The van der Waals surface area contributed by atoms with Crippen LogP contribution in [0.1, 0.15) is 25.7 Å². The Balaban J connectivity index is 1.38. The van der Waals surface area contributed by atoms with Crippen LogP contribution in [0.25, 0.3) is 17.0 Å². The van der Waals surface area contributed by atoms with E-state index in [9.17, 15) is 4.79 Å². The molecule has 1 aliphatic carbocycles. The first-order valence-electron chi connectivity index (χ1n) is 8.59. The topological polar surface area (TPSA) is 68.5 Å². The van der Waals surface area contributed by atoms with E-state index in [-0.39, 0.29) is 18.6 Å². The summed E-state index contributed by atoms with van der Waals surface area (Å²) >= 11 is 0. The summed E-state index contributed by atoms with van der Waals surface area (Å²) in [6.45, 7) is 0.116. The van der Waals surface area contributed by atoms with Gasteiger partial charge in [-0.1, -0.05) is 25.0 Å². The molecule has 1 amide bonds. The number of ether oxygens (including phenoxy) is 1. The van der Waals surface area contributed by atoms with Crippen molar-refractivity contribution >= 4 is 17.4 Å². The van der Waals surface area contributed by atoms with Crippen molar-refractivity contribution in [3.8, 4) is 11.3 Å². The molecule has 6 nitrogen and oxygen atoms in total. The highest BCUT2D eigenvalue weighted by atomic mass is 16.5. The number of hydrogen-bond donors (Lipinski definition) is 1. The number of aromatic nitrogens is 3. The maximum atomic E-state index is 12.0. The summed E-state index contributed by atoms with van der Waals surface area (Å²) in [5, 5.41) is 2.87. The Labute approximate surface area is 145 Å². The van der Waals surface area contributed by atoms with Gasteiger partial charge in [0.25, 0.3) is 0 Å². The van der Waals surface area contributed by atoms with Gasteiger partial charge in [-0.2, -0.15) is 0 Å².